The zero-order valence-corrected chi connectivity index (χ0v) is 12.4. The number of carbonyl (C=O) groups excluding carboxylic acids is 1. The first-order chi connectivity index (χ1) is 9.56. The quantitative estimate of drug-likeness (QED) is 0.759. The molecule has 2 rings (SSSR count). The fourth-order valence-electron chi connectivity index (χ4n) is 1.59. The fraction of sp³-hybridized carbons (Fsp3) is 0.125. The Morgan fingerprint density at radius 2 is 1.86 bits per heavy atom. The summed E-state index contributed by atoms with van der Waals surface area (Å²) in [6, 6.07) is 7.71. The fourth-order valence-corrected chi connectivity index (χ4v) is 1.59. The van der Waals surface area contributed by atoms with Gasteiger partial charge in [0.2, 0.25) is 0 Å². The lowest BCUT2D eigenvalue weighted by Gasteiger charge is -2.09. The predicted octanol–water partition coefficient (Wildman–Crippen LogP) is 2.74. The summed E-state index contributed by atoms with van der Waals surface area (Å²) in [5, 5.41) is 0. The number of benzene rings is 1. The van der Waals surface area contributed by atoms with Crippen LogP contribution in [0.25, 0.3) is 0 Å². The number of halogens is 2. The van der Waals surface area contributed by atoms with Crippen LogP contribution in [0, 0.1) is 17.7 Å². The molecule has 0 aliphatic rings. The largest absolute Gasteiger partial charge is 0.345 e. The van der Waals surface area contributed by atoms with Gasteiger partial charge >= 0.3 is 0 Å². The Balaban J connectivity index is 0.00000220. The van der Waals surface area contributed by atoms with Crippen LogP contribution in [0.5, 0.6) is 0 Å². The Bertz CT molecular complexity index is 705. The Kier molecular flexibility index (Phi) is 5.89. The van der Waals surface area contributed by atoms with Gasteiger partial charge in [-0.05, 0) is 24.3 Å². The molecule has 0 saturated heterocycles. The lowest BCUT2D eigenvalue weighted by molar-refractivity contribution is 0.0827. The van der Waals surface area contributed by atoms with E-state index in [0.717, 1.165) is 0 Å². The number of nitrogens with zero attached hydrogens (tertiary/aromatic N) is 2. The van der Waals surface area contributed by atoms with E-state index < -0.39 is 0 Å². The molecule has 0 bridgehead atoms. The van der Waals surface area contributed by atoms with Crippen molar-refractivity contribution in [2.24, 2.45) is 0 Å². The highest BCUT2D eigenvalue weighted by Crippen LogP contribution is 2.05. The molecule has 0 radical (unpaired) electrons. The molecule has 1 aromatic carbocycles. The van der Waals surface area contributed by atoms with Crippen LogP contribution in [0.3, 0.4) is 0 Å². The first kappa shape index (κ1) is 16.7. The van der Waals surface area contributed by atoms with E-state index in [2.05, 4.69) is 16.8 Å². The van der Waals surface area contributed by atoms with Gasteiger partial charge in [-0.2, -0.15) is 0 Å². The SMILES string of the molecule is CN(C)C(=O)c1cncc(C#Cc2cccc(F)c2)c1.Cl. The highest BCUT2D eigenvalue weighted by atomic mass is 35.5. The molecule has 1 aromatic heterocycles. The molecule has 21 heavy (non-hydrogen) atoms. The first-order valence-electron chi connectivity index (χ1n) is 6.00. The van der Waals surface area contributed by atoms with E-state index in [4.69, 9.17) is 0 Å². The van der Waals surface area contributed by atoms with Crippen LogP contribution in [0.2, 0.25) is 0 Å². The maximum atomic E-state index is 13.0. The third-order valence-corrected chi connectivity index (χ3v) is 2.57. The smallest absolute Gasteiger partial charge is 0.254 e. The van der Waals surface area contributed by atoms with Crippen molar-refractivity contribution >= 4 is 18.3 Å². The highest BCUT2D eigenvalue weighted by molar-refractivity contribution is 5.93. The Morgan fingerprint density at radius 3 is 2.52 bits per heavy atom. The van der Waals surface area contributed by atoms with Gasteiger partial charge in [-0.3, -0.25) is 9.78 Å². The van der Waals surface area contributed by atoms with Crippen molar-refractivity contribution in [1.82, 2.24) is 9.88 Å². The van der Waals surface area contributed by atoms with Crippen LogP contribution in [0.15, 0.2) is 42.7 Å². The summed E-state index contributed by atoms with van der Waals surface area (Å²) in [5.74, 6) is 5.25. The van der Waals surface area contributed by atoms with E-state index >= 15 is 0 Å². The molecule has 0 saturated carbocycles. The van der Waals surface area contributed by atoms with Crippen molar-refractivity contribution in [3.63, 3.8) is 0 Å². The summed E-state index contributed by atoms with van der Waals surface area (Å²) >= 11 is 0. The van der Waals surface area contributed by atoms with E-state index in [1.54, 1.807) is 38.5 Å². The minimum Gasteiger partial charge on any atom is -0.345 e. The molecule has 0 fully saturated rings. The lowest BCUT2D eigenvalue weighted by atomic mass is 10.1. The Hall–Kier alpha value is -2.38. The van der Waals surface area contributed by atoms with Crippen molar-refractivity contribution in [3.05, 3.63) is 65.2 Å². The second-order valence-electron chi connectivity index (χ2n) is 4.42. The Morgan fingerprint density at radius 1 is 1.14 bits per heavy atom. The van der Waals surface area contributed by atoms with Gasteiger partial charge in [0.1, 0.15) is 5.82 Å². The second kappa shape index (κ2) is 7.41. The van der Waals surface area contributed by atoms with Crippen LogP contribution in [0.1, 0.15) is 21.5 Å². The summed E-state index contributed by atoms with van der Waals surface area (Å²) < 4.78 is 13.0. The van der Waals surface area contributed by atoms with Crippen molar-refractivity contribution in [2.75, 3.05) is 14.1 Å². The van der Waals surface area contributed by atoms with Crippen molar-refractivity contribution in [3.8, 4) is 11.8 Å². The van der Waals surface area contributed by atoms with Crippen LogP contribution in [-0.2, 0) is 0 Å². The average molecular weight is 305 g/mol. The topological polar surface area (TPSA) is 33.2 Å². The molecule has 108 valence electrons. The maximum absolute atomic E-state index is 13.0. The number of pyridine rings is 1. The van der Waals surface area contributed by atoms with Crippen LogP contribution >= 0.6 is 12.4 Å². The van der Waals surface area contributed by atoms with Gasteiger partial charge in [0.15, 0.2) is 0 Å². The molecule has 0 atom stereocenters. The lowest BCUT2D eigenvalue weighted by Crippen LogP contribution is -2.21. The molecule has 1 heterocycles. The third kappa shape index (κ3) is 4.59. The number of carbonyl (C=O) groups is 1. The minimum atomic E-state index is -0.327. The molecule has 0 aliphatic heterocycles. The number of rotatable bonds is 1. The maximum Gasteiger partial charge on any atom is 0.254 e. The summed E-state index contributed by atoms with van der Waals surface area (Å²) in [6.07, 6.45) is 3.06. The van der Waals surface area contributed by atoms with Gasteiger partial charge in [0.25, 0.3) is 5.91 Å². The monoisotopic (exact) mass is 304 g/mol. The van der Waals surface area contributed by atoms with Gasteiger partial charge < -0.3 is 4.90 Å². The second-order valence-corrected chi connectivity index (χ2v) is 4.42. The molecule has 0 unspecified atom stereocenters. The van der Waals surface area contributed by atoms with E-state index in [1.165, 1.54) is 23.2 Å². The number of hydrogen-bond acceptors (Lipinski definition) is 2. The molecule has 5 heteroatoms. The average Bonchev–Trinajstić information content (AvgIpc) is 2.44. The first-order valence-corrected chi connectivity index (χ1v) is 6.00. The van der Waals surface area contributed by atoms with Crippen molar-refractivity contribution in [1.29, 1.82) is 0 Å². The van der Waals surface area contributed by atoms with Crippen molar-refractivity contribution < 1.29 is 9.18 Å². The molecule has 0 aliphatic carbocycles. The summed E-state index contributed by atoms with van der Waals surface area (Å²) in [6.45, 7) is 0. The van der Waals surface area contributed by atoms with Gasteiger partial charge in [-0.1, -0.05) is 17.9 Å². The van der Waals surface area contributed by atoms with Crippen LogP contribution < -0.4 is 0 Å². The standard InChI is InChI=1S/C16H13FN2O.ClH/c1-19(2)16(20)14-8-13(10-18-11-14)7-6-12-4-3-5-15(17)9-12;/h3-5,8-11H,1-2H3;1H. The number of hydrogen-bond donors (Lipinski definition) is 0. The zero-order valence-electron chi connectivity index (χ0n) is 11.6. The summed E-state index contributed by atoms with van der Waals surface area (Å²) in [5.41, 5.74) is 1.66. The van der Waals surface area contributed by atoms with Gasteiger partial charge in [-0.15, -0.1) is 12.4 Å². The third-order valence-electron chi connectivity index (χ3n) is 2.57. The van der Waals surface area contributed by atoms with E-state index in [0.29, 0.717) is 16.7 Å². The molecule has 2 aromatic rings. The molecule has 0 spiro atoms. The number of aromatic nitrogens is 1. The molecule has 0 N–H and O–H groups in total. The van der Waals surface area contributed by atoms with Crippen LogP contribution in [-0.4, -0.2) is 29.9 Å². The van der Waals surface area contributed by atoms with Crippen molar-refractivity contribution in [2.45, 2.75) is 0 Å². The molecular formula is C16H14ClFN2O. The molecular weight excluding hydrogens is 291 g/mol. The molecule has 1 amide bonds. The summed E-state index contributed by atoms with van der Waals surface area (Å²) in [7, 11) is 3.35. The summed E-state index contributed by atoms with van der Waals surface area (Å²) in [4.78, 5) is 17.3. The van der Waals surface area contributed by atoms with E-state index in [1.807, 2.05) is 0 Å². The Labute approximate surface area is 129 Å². The van der Waals surface area contributed by atoms with E-state index in [-0.39, 0.29) is 24.1 Å². The normalized spacial score (nSPS) is 9.10. The zero-order chi connectivity index (χ0) is 14.5. The highest BCUT2D eigenvalue weighted by Gasteiger charge is 2.07. The van der Waals surface area contributed by atoms with Gasteiger partial charge in [0, 0.05) is 37.6 Å². The van der Waals surface area contributed by atoms with Crippen LogP contribution in [0.4, 0.5) is 4.39 Å². The van der Waals surface area contributed by atoms with E-state index in [9.17, 15) is 9.18 Å². The molecule has 3 nitrogen and oxygen atoms in total. The minimum absolute atomic E-state index is 0. The van der Waals surface area contributed by atoms with Gasteiger partial charge in [0.05, 0.1) is 5.56 Å². The predicted molar refractivity (Wildman–Crippen MR) is 81.9 cm³/mol. The van der Waals surface area contributed by atoms with Gasteiger partial charge in [-0.25, -0.2) is 4.39 Å². The number of amides is 1.